The van der Waals surface area contributed by atoms with E-state index < -0.39 is 0 Å². The van der Waals surface area contributed by atoms with Gasteiger partial charge < -0.3 is 14.8 Å². The Morgan fingerprint density at radius 2 is 2.17 bits per heavy atom. The lowest BCUT2D eigenvalue weighted by atomic mass is 10.0. The van der Waals surface area contributed by atoms with E-state index in [1.165, 1.54) is 12.7 Å². The monoisotopic (exact) mass is 249 g/mol. The molecule has 1 aliphatic heterocycles. The Hall–Kier alpha value is -1.39. The number of hydrogen-bond acceptors (Lipinski definition) is 4. The quantitative estimate of drug-likeness (QED) is 0.828. The Bertz CT molecular complexity index is 393. The van der Waals surface area contributed by atoms with Gasteiger partial charge in [-0.15, -0.1) is 0 Å². The summed E-state index contributed by atoms with van der Waals surface area (Å²) in [4.78, 5) is 11.4. The van der Waals surface area contributed by atoms with Gasteiger partial charge in [0.25, 0.3) is 0 Å². The van der Waals surface area contributed by atoms with Gasteiger partial charge in [-0.2, -0.15) is 0 Å². The lowest BCUT2D eigenvalue weighted by Crippen LogP contribution is -2.49. The first-order valence-corrected chi connectivity index (χ1v) is 6.20. The van der Waals surface area contributed by atoms with Crippen molar-refractivity contribution in [2.75, 3.05) is 13.7 Å². The second-order valence-electron chi connectivity index (χ2n) is 4.56. The van der Waals surface area contributed by atoms with Crippen LogP contribution in [0, 0.1) is 0 Å². The first-order valence-electron chi connectivity index (χ1n) is 6.20. The predicted octanol–water partition coefficient (Wildman–Crippen LogP) is 1.67. The average molecular weight is 249 g/mol. The number of benzene rings is 1. The van der Waals surface area contributed by atoms with Crippen LogP contribution >= 0.6 is 0 Å². The third kappa shape index (κ3) is 3.09. The standard InChI is InChI=1S/C14H19NO3/c1-10-12(8-14(16)17-2)15-13(9-18-10)11-6-4-3-5-7-11/h3-7,10,12-13,15H,8-9H2,1-2H3/t10-,12+,13-/m0/s1. The minimum atomic E-state index is -0.211. The zero-order chi connectivity index (χ0) is 13.0. The summed E-state index contributed by atoms with van der Waals surface area (Å²) in [6.07, 6.45) is 0.352. The summed E-state index contributed by atoms with van der Waals surface area (Å²) in [5.74, 6) is -0.211. The summed E-state index contributed by atoms with van der Waals surface area (Å²) in [6.45, 7) is 2.60. The molecule has 1 saturated heterocycles. The Balaban J connectivity index is 2.02. The number of rotatable bonds is 3. The van der Waals surface area contributed by atoms with Crippen molar-refractivity contribution in [1.82, 2.24) is 5.32 Å². The molecule has 1 N–H and O–H groups in total. The predicted molar refractivity (Wildman–Crippen MR) is 68.2 cm³/mol. The molecule has 0 amide bonds. The van der Waals surface area contributed by atoms with Crippen molar-refractivity contribution in [1.29, 1.82) is 0 Å². The number of ether oxygens (including phenoxy) is 2. The van der Waals surface area contributed by atoms with Crippen LogP contribution in [0.5, 0.6) is 0 Å². The molecular weight excluding hydrogens is 230 g/mol. The summed E-state index contributed by atoms with van der Waals surface area (Å²) in [6, 6.07) is 10.3. The third-order valence-electron chi connectivity index (χ3n) is 3.32. The van der Waals surface area contributed by atoms with Gasteiger partial charge in [-0.05, 0) is 12.5 Å². The highest BCUT2D eigenvalue weighted by Crippen LogP contribution is 2.22. The summed E-state index contributed by atoms with van der Waals surface area (Å²) in [5, 5.41) is 3.46. The topological polar surface area (TPSA) is 47.6 Å². The molecular formula is C14H19NO3. The molecule has 18 heavy (non-hydrogen) atoms. The number of hydrogen-bond donors (Lipinski definition) is 1. The summed E-state index contributed by atoms with van der Waals surface area (Å²) >= 11 is 0. The first-order chi connectivity index (χ1) is 8.70. The number of morpholine rings is 1. The van der Waals surface area contributed by atoms with Crippen LogP contribution in [0.4, 0.5) is 0 Å². The number of carbonyl (C=O) groups excluding carboxylic acids is 1. The molecule has 98 valence electrons. The Morgan fingerprint density at radius 3 is 2.83 bits per heavy atom. The Morgan fingerprint density at radius 1 is 1.44 bits per heavy atom. The zero-order valence-corrected chi connectivity index (χ0v) is 10.8. The zero-order valence-electron chi connectivity index (χ0n) is 10.8. The molecule has 0 unspecified atom stereocenters. The first kappa shape index (κ1) is 13.1. The van der Waals surface area contributed by atoms with E-state index in [1.807, 2.05) is 25.1 Å². The molecule has 1 heterocycles. The normalized spacial score (nSPS) is 27.8. The summed E-state index contributed by atoms with van der Waals surface area (Å²) < 4.78 is 10.4. The van der Waals surface area contributed by atoms with Crippen molar-refractivity contribution in [3.8, 4) is 0 Å². The van der Waals surface area contributed by atoms with E-state index in [0.717, 1.165) is 0 Å². The fourth-order valence-corrected chi connectivity index (χ4v) is 2.17. The van der Waals surface area contributed by atoms with E-state index >= 15 is 0 Å². The van der Waals surface area contributed by atoms with Gasteiger partial charge >= 0.3 is 5.97 Å². The molecule has 0 bridgehead atoms. The van der Waals surface area contributed by atoms with Gasteiger partial charge in [0.05, 0.1) is 32.3 Å². The van der Waals surface area contributed by atoms with Crippen LogP contribution in [0.3, 0.4) is 0 Å². The van der Waals surface area contributed by atoms with Crippen LogP contribution in [-0.4, -0.2) is 31.8 Å². The molecule has 0 aromatic heterocycles. The fourth-order valence-electron chi connectivity index (χ4n) is 2.17. The molecule has 0 spiro atoms. The number of methoxy groups -OCH3 is 1. The molecule has 4 heteroatoms. The molecule has 1 fully saturated rings. The van der Waals surface area contributed by atoms with Crippen LogP contribution < -0.4 is 5.32 Å². The van der Waals surface area contributed by atoms with E-state index in [1.54, 1.807) is 0 Å². The Labute approximate surface area is 107 Å². The highest BCUT2D eigenvalue weighted by atomic mass is 16.5. The number of carbonyl (C=O) groups is 1. The molecule has 3 atom stereocenters. The van der Waals surface area contributed by atoms with Crippen molar-refractivity contribution in [3.05, 3.63) is 35.9 Å². The molecule has 1 aromatic rings. The molecule has 4 nitrogen and oxygen atoms in total. The lowest BCUT2D eigenvalue weighted by molar-refractivity contribution is -0.143. The molecule has 1 aliphatic rings. The van der Waals surface area contributed by atoms with E-state index in [0.29, 0.717) is 13.0 Å². The van der Waals surface area contributed by atoms with Crippen LogP contribution in [0.2, 0.25) is 0 Å². The maximum atomic E-state index is 11.4. The van der Waals surface area contributed by atoms with E-state index in [2.05, 4.69) is 17.4 Å². The van der Waals surface area contributed by atoms with Gasteiger partial charge in [0.15, 0.2) is 0 Å². The molecule has 2 rings (SSSR count). The van der Waals surface area contributed by atoms with Gasteiger partial charge in [0, 0.05) is 6.04 Å². The number of nitrogens with one attached hydrogen (secondary N) is 1. The maximum Gasteiger partial charge on any atom is 0.307 e. The van der Waals surface area contributed by atoms with E-state index in [-0.39, 0.29) is 24.2 Å². The maximum absolute atomic E-state index is 11.4. The minimum absolute atomic E-state index is 0.00333. The van der Waals surface area contributed by atoms with Crippen molar-refractivity contribution in [2.24, 2.45) is 0 Å². The summed E-state index contributed by atoms with van der Waals surface area (Å²) in [7, 11) is 1.41. The van der Waals surface area contributed by atoms with Gasteiger partial charge in [-0.3, -0.25) is 4.79 Å². The van der Waals surface area contributed by atoms with Gasteiger partial charge in [0.2, 0.25) is 0 Å². The van der Waals surface area contributed by atoms with Gasteiger partial charge in [0.1, 0.15) is 0 Å². The molecule has 1 aromatic carbocycles. The van der Waals surface area contributed by atoms with Gasteiger partial charge in [-0.1, -0.05) is 30.3 Å². The molecule has 0 aliphatic carbocycles. The second-order valence-corrected chi connectivity index (χ2v) is 4.56. The highest BCUT2D eigenvalue weighted by Gasteiger charge is 2.30. The van der Waals surface area contributed by atoms with Crippen molar-refractivity contribution < 1.29 is 14.3 Å². The van der Waals surface area contributed by atoms with E-state index in [9.17, 15) is 4.79 Å². The fraction of sp³-hybridized carbons (Fsp3) is 0.500. The number of esters is 1. The Kier molecular flexibility index (Phi) is 4.33. The van der Waals surface area contributed by atoms with Crippen molar-refractivity contribution >= 4 is 5.97 Å². The van der Waals surface area contributed by atoms with Crippen molar-refractivity contribution in [3.63, 3.8) is 0 Å². The van der Waals surface area contributed by atoms with E-state index in [4.69, 9.17) is 9.47 Å². The lowest BCUT2D eigenvalue weighted by Gasteiger charge is -2.35. The minimum Gasteiger partial charge on any atom is -0.469 e. The largest absolute Gasteiger partial charge is 0.469 e. The van der Waals surface area contributed by atoms with Crippen LogP contribution in [0.15, 0.2) is 30.3 Å². The van der Waals surface area contributed by atoms with Gasteiger partial charge in [-0.25, -0.2) is 0 Å². The highest BCUT2D eigenvalue weighted by molar-refractivity contribution is 5.70. The van der Waals surface area contributed by atoms with Crippen LogP contribution in [-0.2, 0) is 14.3 Å². The molecule has 0 radical (unpaired) electrons. The summed E-state index contributed by atoms with van der Waals surface area (Å²) in [5.41, 5.74) is 1.18. The molecule has 0 saturated carbocycles. The average Bonchev–Trinajstić information content (AvgIpc) is 2.42. The third-order valence-corrected chi connectivity index (χ3v) is 3.32. The second kappa shape index (κ2) is 5.98. The van der Waals surface area contributed by atoms with Crippen LogP contribution in [0.1, 0.15) is 24.9 Å². The van der Waals surface area contributed by atoms with Crippen molar-refractivity contribution in [2.45, 2.75) is 31.5 Å². The van der Waals surface area contributed by atoms with Crippen LogP contribution in [0.25, 0.3) is 0 Å². The smallest absolute Gasteiger partial charge is 0.307 e. The SMILES string of the molecule is COC(=O)C[C@H]1N[C@H](c2ccccc2)CO[C@H]1C.